The second-order valence-corrected chi connectivity index (χ2v) is 6.35. The molecule has 0 bridgehead atoms. The number of fused-ring (bicyclic) bond motifs is 1. The maximum atomic E-state index is 12.1. The molecule has 1 aliphatic heterocycles. The van der Waals surface area contributed by atoms with Gasteiger partial charge in [0.25, 0.3) is 5.91 Å². The molecule has 0 aromatic heterocycles. The fraction of sp³-hybridized carbons (Fsp3) is 0.474. The normalized spacial score (nSPS) is 17.4. The molecule has 1 amide bonds. The molecule has 2 rings (SSSR count). The van der Waals surface area contributed by atoms with E-state index in [1.54, 1.807) is 12.3 Å². The van der Waals surface area contributed by atoms with Crippen LogP contribution in [0.1, 0.15) is 40.0 Å². The molecule has 5 nitrogen and oxygen atoms in total. The Kier molecular flexibility index (Phi) is 6.85. The summed E-state index contributed by atoms with van der Waals surface area (Å²) in [6.07, 6.45) is 6.35. The highest BCUT2D eigenvalue weighted by Gasteiger charge is 2.26. The van der Waals surface area contributed by atoms with Crippen molar-refractivity contribution in [1.82, 2.24) is 5.43 Å². The molecule has 1 N–H and O–H groups in total. The van der Waals surface area contributed by atoms with Gasteiger partial charge in [-0.3, -0.25) is 4.79 Å². The third-order valence-corrected chi connectivity index (χ3v) is 3.79. The number of para-hydroxylation sites is 2. The summed E-state index contributed by atoms with van der Waals surface area (Å²) < 4.78 is 11.2. The number of allylic oxidation sites excluding steroid dienone is 2. The van der Waals surface area contributed by atoms with Crippen molar-refractivity contribution in [2.24, 2.45) is 11.0 Å². The summed E-state index contributed by atoms with van der Waals surface area (Å²) in [6.45, 7) is 6.59. The van der Waals surface area contributed by atoms with Crippen molar-refractivity contribution in [1.29, 1.82) is 0 Å². The number of hydrogen-bond acceptors (Lipinski definition) is 4. The van der Waals surface area contributed by atoms with E-state index < -0.39 is 6.10 Å². The Morgan fingerprint density at radius 1 is 1.38 bits per heavy atom. The minimum absolute atomic E-state index is 0.192. The van der Waals surface area contributed by atoms with Crippen LogP contribution >= 0.6 is 0 Å². The maximum absolute atomic E-state index is 12.1. The Bertz CT molecular complexity index is 606. The van der Waals surface area contributed by atoms with Gasteiger partial charge < -0.3 is 9.47 Å². The first-order chi connectivity index (χ1) is 11.6. The quantitative estimate of drug-likeness (QED) is 0.471. The van der Waals surface area contributed by atoms with Gasteiger partial charge in [-0.25, -0.2) is 5.43 Å². The van der Waals surface area contributed by atoms with E-state index >= 15 is 0 Å². The minimum Gasteiger partial charge on any atom is -0.485 e. The van der Waals surface area contributed by atoms with Gasteiger partial charge in [0, 0.05) is 6.21 Å². The standard InChI is InChI=1S/C19H26N2O3/c1-14(2)7-6-8-15(3)11-12-20-21-19(22)18-13-23-16-9-4-5-10-17(16)24-18/h4-5,7,9-10,12,15,18H,6,8,11,13H2,1-3H3,(H,21,22)/b20-12-/t15-,18+/m0/s1. The monoisotopic (exact) mass is 330 g/mol. The topological polar surface area (TPSA) is 59.9 Å². The summed E-state index contributed by atoms with van der Waals surface area (Å²) in [5, 5.41) is 4.01. The van der Waals surface area contributed by atoms with E-state index in [-0.39, 0.29) is 12.5 Å². The summed E-state index contributed by atoms with van der Waals surface area (Å²) in [5.74, 6) is 1.48. The number of carbonyl (C=O) groups excluding carboxylic acids is 1. The zero-order valence-corrected chi connectivity index (χ0v) is 14.6. The first-order valence-corrected chi connectivity index (χ1v) is 8.39. The van der Waals surface area contributed by atoms with Gasteiger partial charge >= 0.3 is 0 Å². The van der Waals surface area contributed by atoms with E-state index in [1.165, 1.54) is 5.57 Å². The Labute approximate surface area is 143 Å². The van der Waals surface area contributed by atoms with Crippen molar-refractivity contribution < 1.29 is 14.3 Å². The van der Waals surface area contributed by atoms with Gasteiger partial charge in [0.15, 0.2) is 11.5 Å². The predicted molar refractivity (Wildman–Crippen MR) is 95.4 cm³/mol. The van der Waals surface area contributed by atoms with Crippen molar-refractivity contribution in [3.05, 3.63) is 35.9 Å². The lowest BCUT2D eigenvalue weighted by atomic mass is 10.0. The molecular weight excluding hydrogens is 304 g/mol. The van der Waals surface area contributed by atoms with Crippen LogP contribution < -0.4 is 14.9 Å². The number of amides is 1. The van der Waals surface area contributed by atoms with Crippen molar-refractivity contribution >= 4 is 12.1 Å². The molecular formula is C19H26N2O3. The molecule has 0 spiro atoms. The van der Waals surface area contributed by atoms with E-state index in [0.717, 1.165) is 19.3 Å². The number of carbonyl (C=O) groups is 1. The SMILES string of the molecule is CC(C)=CCC[C@H](C)C/C=N\NC(=O)[C@H]1COc2ccccc2O1. The van der Waals surface area contributed by atoms with Crippen LogP contribution in [-0.2, 0) is 4.79 Å². The molecule has 1 heterocycles. The van der Waals surface area contributed by atoms with Crippen molar-refractivity contribution in [2.75, 3.05) is 6.61 Å². The van der Waals surface area contributed by atoms with Crippen LogP contribution in [0.15, 0.2) is 41.0 Å². The van der Waals surface area contributed by atoms with Gasteiger partial charge in [0.2, 0.25) is 6.10 Å². The molecule has 1 aromatic carbocycles. The maximum Gasteiger partial charge on any atom is 0.284 e. The van der Waals surface area contributed by atoms with Crippen molar-refractivity contribution in [3.63, 3.8) is 0 Å². The van der Waals surface area contributed by atoms with Crippen LogP contribution in [0.3, 0.4) is 0 Å². The van der Waals surface area contributed by atoms with Gasteiger partial charge in [0.1, 0.15) is 6.61 Å². The van der Waals surface area contributed by atoms with Gasteiger partial charge in [-0.1, -0.05) is 30.7 Å². The van der Waals surface area contributed by atoms with Gasteiger partial charge in [-0.15, -0.1) is 0 Å². The van der Waals surface area contributed by atoms with E-state index in [2.05, 4.69) is 37.4 Å². The molecule has 1 aliphatic rings. The first-order valence-electron chi connectivity index (χ1n) is 8.39. The fourth-order valence-corrected chi connectivity index (χ4v) is 2.34. The summed E-state index contributed by atoms with van der Waals surface area (Å²) in [5.41, 5.74) is 3.87. The summed E-state index contributed by atoms with van der Waals surface area (Å²) in [6, 6.07) is 7.31. The highest BCUT2D eigenvalue weighted by molar-refractivity contribution is 5.82. The van der Waals surface area contributed by atoms with Crippen LogP contribution in [-0.4, -0.2) is 24.8 Å². The lowest BCUT2D eigenvalue weighted by molar-refractivity contribution is -0.130. The number of hydrogen-bond donors (Lipinski definition) is 1. The first kappa shape index (κ1) is 18.0. The summed E-state index contributed by atoms with van der Waals surface area (Å²) >= 11 is 0. The lowest BCUT2D eigenvalue weighted by Gasteiger charge is -2.24. The van der Waals surface area contributed by atoms with Crippen LogP contribution in [0.4, 0.5) is 0 Å². The number of nitrogens with one attached hydrogen (secondary N) is 1. The van der Waals surface area contributed by atoms with Gasteiger partial charge in [-0.05, 0) is 51.2 Å². The molecule has 2 atom stereocenters. The van der Waals surface area contributed by atoms with E-state index in [4.69, 9.17) is 9.47 Å². The molecule has 0 aliphatic carbocycles. The molecule has 0 radical (unpaired) electrons. The Hall–Kier alpha value is -2.30. The molecule has 130 valence electrons. The summed E-state index contributed by atoms with van der Waals surface area (Å²) in [4.78, 5) is 12.1. The Morgan fingerprint density at radius 3 is 2.88 bits per heavy atom. The zero-order chi connectivity index (χ0) is 17.4. The fourth-order valence-electron chi connectivity index (χ4n) is 2.34. The molecule has 24 heavy (non-hydrogen) atoms. The average Bonchev–Trinajstić information content (AvgIpc) is 2.57. The number of hydrazone groups is 1. The molecule has 0 saturated carbocycles. The molecule has 0 unspecified atom stereocenters. The van der Waals surface area contributed by atoms with Crippen LogP contribution in [0.25, 0.3) is 0 Å². The molecule has 0 fully saturated rings. The van der Waals surface area contributed by atoms with Crippen LogP contribution in [0.2, 0.25) is 0 Å². The van der Waals surface area contributed by atoms with E-state index in [0.29, 0.717) is 17.4 Å². The molecule has 0 saturated heterocycles. The second-order valence-electron chi connectivity index (χ2n) is 6.35. The van der Waals surface area contributed by atoms with E-state index in [9.17, 15) is 4.79 Å². The van der Waals surface area contributed by atoms with Crippen LogP contribution in [0, 0.1) is 5.92 Å². The minimum atomic E-state index is -0.674. The second kappa shape index (κ2) is 9.11. The number of nitrogens with zero attached hydrogens (tertiary/aromatic N) is 1. The third-order valence-electron chi connectivity index (χ3n) is 3.79. The summed E-state index contributed by atoms with van der Waals surface area (Å²) in [7, 11) is 0. The Balaban J connectivity index is 1.71. The highest BCUT2D eigenvalue weighted by Crippen LogP contribution is 2.30. The largest absolute Gasteiger partial charge is 0.485 e. The molecule has 5 heteroatoms. The number of ether oxygens (including phenoxy) is 2. The molecule has 1 aromatic rings. The zero-order valence-electron chi connectivity index (χ0n) is 14.6. The number of benzene rings is 1. The van der Waals surface area contributed by atoms with Crippen LogP contribution in [0.5, 0.6) is 11.5 Å². The van der Waals surface area contributed by atoms with Gasteiger partial charge in [-0.2, -0.15) is 5.10 Å². The van der Waals surface area contributed by atoms with E-state index in [1.807, 2.05) is 18.2 Å². The highest BCUT2D eigenvalue weighted by atomic mass is 16.6. The smallest absolute Gasteiger partial charge is 0.284 e. The average molecular weight is 330 g/mol. The van der Waals surface area contributed by atoms with Crippen molar-refractivity contribution in [3.8, 4) is 11.5 Å². The van der Waals surface area contributed by atoms with Gasteiger partial charge in [0.05, 0.1) is 0 Å². The Morgan fingerprint density at radius 2 is 2.12 bits per heavy atom. The third kappa shape index (κ3) is 5.72. The predicted octanol–water partition coefficient (Wildman–Crippen LogP) is 3.70. The number of rotatable bonds is 7. The lowest BCUT2D eigenvalue weighted by Crippen LogP contribution is -2.42. The van der Waals surface area contributed by atoms with Crippen molar-refractivity contribution in [2.45, 2.75) is 46.1 Å².